The highest BCUT2D eigenvalue weighted by Crippen LogP contribution is 2.28. The number of anilines is 1. The Morgan fingerprint density at radius 2 is 2.00 bits per heavy atom. The molecular formula is C16H20N4O5. The van der Waals surface area contributed by atoms with Crippen LogP contribution in [0, 0.1) is 21.4 Å². The molecule has 0 bridgehead atoms. The minimum absolute atomic E-state index is 0.0170. The lowest BCUT2D eigenvalue weighted by molar-refractivity contribution is -0.384. The van der Waals surface area contributed by atoms with E-state index < -0.39 is 22.9 Å². The maximum Gasteiger partial charge on any atom is 0.339 e. The molecule has 1 atom stereocenters. The molecule has 0 heterocycles. The van der Waals surface area contributed by atoms with Crippen molar-refractivity contribution in [3.05, 3.63) is 33.9 Å². The molecule has 0 saturated carbocycles. The number of nitrogens with zero attached hydrogens (tertiary/aromatic N) is 4. The second-order valence-electron chi connectivity index (χ2n) is 5.57. The van der Waals surface area contributed by atoms with Crippen LogP contribution in [0.25, 0.3) is 0 Å². The Morgan fingerprint density at radius 3 is 2.52 bits per heavy atom. The zero-order valence-corrected chi connectivity index (χ0v) is 14.6. The van der Waals surface area contributed by atoms with Crippen LogP contribution in [0.4, 0.5) is 11.4 Å². The second kappa shape index (κ2) is 8.63. The largest absolute Gasteiger partial charge is 0.449 e. The standard InChI is InChI=1S/C16H20N4O5/c1-11(15(21)19(4)9-5-8-17)25-16(22)12-6-7-13(18(2)3)14(10-12)20(23)24/h6-7,10-11H,5,9H2,1-4H3/t11-/m1/s1. The van der Waals surface area contributed by atoms with Crippen molar-refractivity contribution in [1.29, 1.82) is 5.26 Å². The van der Waals surface area contributed by atoms with Gasteiger partial charge in [-0.2, -0.15) is 5.26 Å². The summed E-state index contributed by atoms with van der Waals surface area (Å²) in [5.41, 5.74) is 0.100. The number of nitro benzene ring substituents is 1. The number of carbonyl (C=O) groups excluding carboxylic acids is 2. The zero-order chi connectivity index (χ0) is 19.1. The van der Waals surface area contributed by atoms with Crippen molar-refractivity contribution in [3.8, 4) is 6.07 Å². The molecule has 9 nitrogen and oxygen atoms in total. The summed E-state index contributed by atoms with van der Waals surface area (Å²) in [6.45, 7) is 1.63. The molecule has 134 valence electrons. The number of hydrogen-bond donors (Lipinski definition) is 0. The van der Waals surface area contributed by atoms with Gasteiger partial charge in [-0.15, -0.1) is 0 Å². The molecule has 0 aromatic heterocycles. The molecule has 25 heavy (non-hydrogen) atoms. The summed E-state index contributed by atoms with van der Waals surface area (Å²) in [4.78, 5) is 37.7. The monoisotopic (exact) mass is 348 g/mol. The molecule has 0 N–H and O–H groups in total. The fraction of sp³-hybridized carbons (Fsp3) is 0.438. The van der Waals surface area contributed by atoms with Crippen molar-refractivity contribution in [2.24, 2.45) is 0 Å². The lowest BCUT2D eigenvalue weighted by Crippen LogP contribution is -2.37. The van der Waals surface area contributed by atoms with Gasteiger partial charge in [0.05, 0.1) is 23.0 Å². The van der Waals surface area contributed by atoms with Crippen molar-refractivity contribution < 1.29 is 19.2 Å². The number of benzene rings is 1. The average molecular weight is 348 g/mol. The van der Waals surface area contributed by atoms with E-state index in [9.17, 15) is 19.7 Å². The van der Waals surface area contributed by atoms with Crippen LogP contribution in [-0.2, 0) is 9.53 Å². The normalized spacial score (nSPS) is 11.2. The Bertz CT molecular complexity index is 711. The average Bonchev–Trinajstić information content (AvgIpc) is 2.57. The Balaban J connectivity index is 2.90. The maximum atomic E-state index is 12.2. The molecular weight excluding hydrogens is 328 g/mol. The van der Waals surface area contributed by atoms with Crippen LogP contribution in [-0.4, -0.2) is 55.5 Å². The van der Waals surface area contributed by atoms with E-state index in [1.165, 1.54) is 31.0 Å². The number of hydrogen-bond acceptors (Lipinski definition) is 7. The summed E-state index contributed by atoms with van der Waals surface area (Å²) in [6, 6.07) is 5.89. The molecule has 0 radical (unpaired) electrons. The van der Waals surface area contributed by atoms with Crippen molar-refractivity contribution in [2.45, 2.75) is 19.4 Å². The van der Waals surface area contributed by atoms with Gasteiger partial charge in [0.2, 0.25) is 0 Å². The van der Waals surface area contributed by atoms with Gasteiger partial charge in [-0.1, -0.05) is 0 Å². The summed E-state index contributed by atoms with van der Waals surface area (Å²) < 4.78 is 5.09. The third kappa shape index (κ3) is 5.17. The molecule has 0 aliphatic carbocycles. The summed E-state index contributed by atoms with van der Waals surface area (Å²) >= 11 is 0. The quantitative estimate of drug-likeness (QED) is 0.417. The highest BCUT2D eigenvalue weighted by atomic mass is 16.6. The number of likely N-dealkylation sites (N-methyl/N-ethyl adjacent to an activating group) is 1. The maximum absolute atomic E-state index is 12.2. The predicted octanol–water partition coefficient (Wildman–Crippen LogP) is 1.58. The van der Waals surface area contributed by atoms with E-state index in [4.69, 9.17) is 10.00 Å². The lowest BCUT2D eigenvalue weighted by atomic mass is 10.1. The van der Waals surface area contributed by atoms with Crippen molar-refractivity contribution >= 4 is 23.3 Å². The number of esters is 1. The Hall–Kier alpha value is -3.15. The van der Waals surface area contributed by atoms with Gasteiger partial charge in [-0.3, -0.25) is 14.9 Å². The summed E-state index contributed by atoms with van der Waals surface area (Å²) in [5, 5.41) is 19.7. The van der Waals surface area contributed by atoms with Gasteiger partial charge < -0.3 is 14.5 Å². The third-order valence-corrected chi connectivity index (χ3v) is 3.46. The molecule has 1 aromatic carbocycles. The van der Waals surface area contributed by atoms with Gasteiger partial charge in [0.15, 0.2) is 6.10 Å². The van der Waals surface area contributed by atoms with Crippen molar-refractivity contribution in [2.75, 3.05) is 32.6 Å². The molecule has 0 aliphatic rings. The third-order valence-electron chi connectivity index (χ3n) is 3.46. The first-order valence-corrected chi connectivity index (χ1v) is 7.47. The number of carbonyl (C=O) groups is 2. The molecule has 1 rings (SSSR count). The number of nitro groups is 1. The van der Waals surface area contributed by atoms with Crippen LogP contribution in [0.1, 0.15) is 23.7 Å². The van der Waals surface area contributed by atoms with E-state index in [1.54, 1.807) is 19.0 Å². The number of rotatable bonds is 7. The topological polar surface area (TPSA) is 117 Å². The fourth-order valence-electron chi connectivity index (χ4n) is 2.09. The van der Waals surface area contributed by atoms with Gasteiger partial charge >= 0.3 is 5.97 Å². The van der Waals surface area contributed by atoms with E-state index in [2.05, 4.69) is 0 Å². The zero-order valence-electron chi connectivity index (χ0n) is 14.6. The van der Waals surface area contributed by atoms with Crippen LogP contribution in [0.2, 0.25) is 0 Å². The summed E-state index contributed by atoms with van der Waals surface area (Å²) in [6.07, 6.45) is -0.898. The van der Waals surface area contributed by atoms with E-state index in [0.29, 0.717) is 5.69 Å². The number of amides is 1. The summed E-state index contributed by atoms with van der Waals surface area (Å²) in [5.74, 6) is -1.29. The minimum atomic E-state index is -1.07. The first-order valence-electron chi connectivity index (χ1n) is 7.47. The molecule has 1 aromatic rings. The minimum Gasteiger partial charge on any atom is -0.449 e. The summed E-state index contributed by atoms with van der Waals surface area (Å²) in [7, 11) is 4.80. The van der Waals surface area contributed by atoms with Crippen LogP contribution in [0.5, 0.6) is 0 Å². The molecule has 0 saturated heterocycles. The van der Waals surface area contributed by atoms with E-state index in [0.717, 1.165) is 6.07 Å². The Morgan fingerprint density at radius 1 is 1.36 bits per heavy atom. The first kappa shape index (κ1) is 19.9. The molecule has 0 spiro atoms. The first-order chi connectivity index (χ1) is 11.7. The lowest BCUT2D eigenvalue weighted by Gasteiger charge is -2.20. The highest BCUT2D eigenvalue weighted by molar-refractivity contribution is 5.93. The Kier molecular flexibility index (Phi) is 6.87. The van der Waals surface area contributed by atoms with E-state index in [-0.39, 0.29) is 24.2 Å². The van der Waals surface area contributed by atoms with Crippen LogP contribution >= 0.6 is 0 Å². The van der Waals surface area contributed by atoms with E-state index >= 15 is 0 Å². The van der Waals surface area contributed by atoms with Crippen LogP contribution in [0.3, 0.4) is 0 Å². The molecule has 0 fully saturated rings. The van der Waals surface area contributed by atoms with E-state index in [1.807, 2.05) is 6.07 Å². The van der Waals surface area contributed by atoms with Gasteiger partial charge in [0.25, 0.3) is 11.6 Å². The Labute approximate surface area is 145 Å². The highest BCUT2D eigenvalue weighted by Gasteiger charge is 2.24. The van der Waals surface area contributed by atoms with Crippen molar-refractivity contribution in [1.82, 2.24) is 4.90 Å². The van der Waals surface area contributed by atoms with Gasteiger partial charge in [0.1, 0.15) is 5.69 Å². The van der Waals surface area contributed by atoms with Gasteiger partial charge in [0, 0.05) is 33.8 Å². The SMILES string of the molecule is C[C@@H](OC(=O)c1ccc(N(C)C)c([N+](=O)[O-])c1)C(=O)N(C)CCC#N. The van der Waals surface area contributed by atoms with Gasteiger partial charge in [-0.25, -0.2) is 4.79 Å². The fourth-order valence-corrected chi connectivity index (χ4v) is 2.09. The van der Waals surface area contributed by atoms with Crippen LogP contribution in [0.15, 0.2) is 18.2 Å². The van der Waals surface area contributed by atoms with Gasteiger partial charge in [-0.05, 0) is 19.1 Å². The second-order valence-corrected chi connectivity index (χ2v) is 5.57. The number of nitriles is 1. The predicted molar refractivity (Wildman–Crippen MR) is 90.2 cm³/mol. The molecule has 0 aliphatic heterocycles. The molecule has 0 unspecified atom stereocenters. The number of ether oxygens (including phenoxy) is 1. The van der Waals surface area contributed by atoms with Crippen LogP contribution < -0.4 is 4.90 Å². The smallest absolute Gasteiger partial charge is 0.339 e. The molecule has 1 amide bonds. The van der Waals surface area contributed by atoms with Crippen molar-refractivity contribution in [3.63, 3.8) is 0 Å². The molecule has 9 heteroatoms.